The van der Waals surface area contributed by atoms with Crippen molar-refractivity contribution < 1.29 is 17.7 Å². The second kappa shape index (κ2) is 9.08. The van der Waals surface area contributed by atoms with Crippen LogP contribution in [-0.4, -0.2) is 35.0 Å². The molecule has 1 saturated carbocycles. The van der Waals surface area contributed by atoms with Crippen LogP contribution in [0.15, 0.2) is 0 Å². The van der Waals surface area contributed by atoms with Gasteiger partial charge in [0.15, 0.2) is 0 Å². The van der Waals surface area contributed by atoms with Crippen LogP contribution in [0.4, 0.5) is 0 Å². The summed E-state index contributed by atoms with van der Waals surface area (Å²) in [5.41, 5.74) is 0. The van der Waals surface area contributed by atoms with Gasteiger partial charge in [0, 0.05) is 19.8 Å². The van der Waals surface area contributed by atoms with Crippen molar-refractivity contribution in [3.05, 3.63) is 0 Å². The highest BCUT2D eigenvalue weighted by Gasteiger charge is 2.48. The molecule has 1 fully saturated rings. The standard InChI is InChI=1S/C14H30O4Si/c1-5-13-11-9-10-12-14(13)18-19(15-6-2,16-7-3)17-8-4/h13-14H,5-12H2,1-4H3. The zero-order chi connectivity index (χ0) is 14.1. The van der Waals surface area contributed by atoms with Crippen LogP contribution in [0.1, 0.15) is 59.8 Å². The van der Waals surface area contributed by atoms with Gasteiger partial charge in [-0.15, -0.1) is 0 Å². The van der Waals surface area contributed by atoms with E-state index in [1.165, 1.54) is 19.3 Å². The van der Waals surface area contributed by atoms with Crippen molar-refractivity contribution in [2.24, 2.45) is 5.92 Å². The average Bonchev–Trinajstić information content (AvgIpc) is 2.40. The van der Waals surface area contributed by atoms with Crippen molar-refractivity contribution in [1.82, 2.24) is 0 Å². The molecule has 0 aromatic heterocycles. The lowest BCUT2D eigenvalue weighted by Crippen LogP contribution is -2.53. The van der Waals surface area contributed by atoms with Gasteiger partial charge in [-0.2, -0.15) is 0 Å². The van der Waals surface area contributed by atoms with Gasteiger partial charge in [-0.3, -0.25) is 0 Å². The maximum atomic E-state index is 6.28. The van der Waals surface area contributed by atoms with E-state index in [1.807, 2.05) is 20.8 Å². The smallest absolute Gasteiger partial charge is 0.351 e. The van der Waals surface area contributed by atoms with Crippen molar-refractivity contribution in [1.29, 1.82) is 0 Å². The van der Waals surface area contributed by atoms with E-state index in [4.69, 9.17) is 17.7 Å². The van der Waals surface area contributed by atoms with E-state index in [1.54, 1.807) is 0 Å². The van der Waals surface area contributed by atoms with Gasteiger partial charge in [-0.05, 0) is 39.5 Å². The molecule has 0 aromatic carbocycles. The Kier molecular flexibility index (Phi) is 8.17. The van der Waals surface area contributed by atoms with Crippen LogP contribution in [0.3, 0.4) is 0 Å². The molecular weight excluding hydrogens is 260 g/mol. The second-order valence-corrected chi connectivity index (χ2v) is 7.01. The maximum absolute atomic E-state index is 6.28. The highest BCUT2D eigenvalue weighted by atomic mass is 28.4. The van der Waals surface area contributed by atoms with Crippen LogP contribution >= 0.6 is 0 Å². The predicted octanol–water partition coefficient (Wildman–Crippen LogP) is 3.52. The Balaban J connectivity index is 2.72. The van der Waals surface area contributed by atoms with E-state index >= 15 is 0 Å². The van der Waals surface area contributed by atoms with Crippen molar-refractivity contribution in [2.45, 2.75) is 65.9 Å². The Labute approximate surface area is 119 Å². The van der Waals surface area contributed by atoms with Gasteiger partial charge in [0.25, 0.3) is 0 Å². The molecule has 0 radical (unpaired) electrons. The van der Waals surface area contributed by atoms with E-state index in [0.717, 1.165) is 12.8 Å². The van der Waals surface area contributed by atoms with Gasteiger partial charge in [0.1, 0.15) is 0 Å². The lowest BCUT2D eigenvalue weighted by molar-refractivity contribution is -0.0717. The summed E-state index contributed by atoms with van der Waals surface area (Å²) in [7, 11) is -2.94. The van der Waals surface area contributed by atoms with Gasteiger partial charge >= 0.3 is 9.05 Å². The minimum absolute atomic E-state index is 0.232. The molecule has 0 aliphatic heterocycles. The van der Waals surface area contributed by atoms with E-state index in [2.05, 4.69) is 6.92 Å². The minimum atomic E-state index is -2.94. The first kappa shape index (κ1) is 17.1. The SMILES string of the molecule is CCO[Si](OCC)(OCC)OC1CCCCC1CC. The molecule has 0 aromatic rings. The highest BCUT2D eigenvalue weighted by molar-refractivity contribution is 6.53. The first-order valence-corrected chi connectivity index (χ1v) is 9.44. The predicted molar refractivity (Wildman–Crippen MR) is 77.8 cm³/mol. The monoisotopic (exact) mass is 290 g/mol. The third kappa shape index (κ3) is 5.15. The molecule has 5 heteroatoms. The van der Waals surface area contributed by atoms with Gasteiger partial charge < -0.3 is 17.7 Å². The van der Waals surface area contributed by atoms with E-state index in [0.29, 0.717) is 25.7 Å². The zero-order valence-electron chi connectivity index (χ0n) is 12.9. The maximum Gasteiger partial charge on any atom is 0.679 e. The summed E-state index contributed by atoms with van der Waals surface area (Å²) in [6.45, 7) is 9.81. The Hall–Kier alpha value is 0.0569. The molecule has 0 N–H and O–H groups in total. The molecule has 0 spiro atoms. The topological polar surface area (TPSA) is 36.9 Å². The second-order valence-electron chi connectivity index (χ2n) is 4.91. The summed E-state index contributed by atoms with van der Waals surface area (Å²) in [6.07, 6.45) is 6.27. The summed E-state index contributed by atoms with van der Waals surface area (Å²) in [4.78, 5) is 0. The third-order valence-corrected chi connectivity index (χ3v) is 6.14. The van der Waals surface area contributed by atoms with E-state index < -0.39 is 9.05 Å². The largest absolute Gasteiger partial charge is 0.679 e. The van der Waals surface area contributed by atoms with Crippen LogP contribution in [0.2, 0.25) is 0 Å². The third-order valence-electron chi connectivity index (χ3n) is 3.62. The molecule has 114 valence electrons. The molecule has 4 nitrogen and oxygen atoms in total. The Morgan fingerprint density at radius 2 is 1.37 bits per heavy atom. The molecule has 1 rings (SSSR count). The summed E-state index contributed by atoms with van der Waals surface area (Å²) < 4.78 is 23.6. The van der Waals surface area contributed by atoms with Crippen LogP contribution in [0, 0.1) is 5.92 Å². The Bertz CT molecular complexity index is 220. The van der Waals surface area contributed by atoms with Gasteiger partial charge in [0.2, 0.25) is 0 Å². The van der Waals surface area contributed by atoms with Crippen molar-refractivity contribution in [3.8, 4) is 0 Å². The fraction of sp³-hybridized carbons (Fsp3) is 1.00. The fourth-order valence-corrected chi connectivity index (χ4v) is 4.93. The lowest BCUT2D eigenvalue weighted by atomic mass is 9.85. The first-order chi connectivity index (χ1) is 9.21. The summed E-state index contributed by atoms with van der Waals surface area (Å²) in [5, 5.41) is 0. The molecule has 0 heterocycles. The van der Waals surface area contributed by atoms with Crippen LogP contribution in [-0.2, 0) is 17.7 Å². The molecule has 2 unspecified atom stereocenters. The quantitative estimate of drug-likeness (QED) is 0.609. The average molecular weight is 290 g/mol. The number of rotatable bonds is 9. The van der Waals surface area contributed by atoms with Crippen LogP contribution in [0.5, 0.6) is 0 Å². The van der Waals surface area contributed by atoms with E-state index in [-0.39, 0.29) is 6.10 Å². The molecule has 19 heavy (non-hydrogen) atoms. The molecule has 1 aliphatic carbocycles. The molecular formula is C14H30O4Si. The molecule has 1 aliphatic rings. The van der Waals surface area contributed by atoms with Gasteiger partial charge in [-0.25, -0.2) is 0 Å². The lowest BCUT2D eigenvalue weighted by Gasteiger charge is -2.36. The summed E-state index contributed by atoms with van der Waals surface area (Å²) in [6, 6.07) is 0. The van der Waals surface area contributed by atoms with Crippen LogP contribution in [0.25, 0.3) is 0 Å². The van der Waals surface area contributed by atoms with Crippen molar-refractivity contribution in [2.75, 3.05) is 19.8 Å². The first-order valence-electron chi connectivity index (χ1n) is 7.80. The highest BCUT2D eigenvalue weighted by Crippen LogP contribution is 2.32. The molecule has 2 atom stereocenters. The molecule has 0 saturated heterocycles. The summed E-state index contributed by atoms with van der Waals surface area (Å²) in [5.74, 6) is 0.613. The molecule has 0 bridgehead atoms. The van der Waals surface area contributed by atoms with Crippen LogP contribution < -0.4 is 0 Å². The minimum Gasteiger partial charge on any atom is -0.351 e. The Morgan fingerprint density at radius 1 is 0.842 bits per heavy atom. The van der Waals surface area contributed by atoms with Gasteiger partial charge in [0.05, 0.1) is 6.10 Å². The fourth-order valence-electron chi connectivity index (χ4n) is 2.74. The molecule has 0 amide bonds. The number of hydrogen-bond acceptors (Lipinski definition) is 4. The number of hydrogen-bond donors (Lipinski definition) is 0. The Morgan fingerprint density at radius 3 is 1.84 bits per heavy atom. The van der Waals surface area contributed by atoms with Crippen molar-refractivity contribution in [3.63, 3.8) is 0 Å². The normalized spacial score (nSPS) is 24.6. The summed E-state index contributed by atoms with van der Waals surface area (Å²) >= 11 is 0. The van der Waals surface area contributed by atoms with E-state index in [9.17, 15) is 0 Å². The van der Waals surface area contributed by atoms with Crippen molar-refractivity contribution >= 4 is 9.05 Å². The zero-order valence-corrected chi connectivity index (χ0v) is 13.9. The van der Waals surface area contributed by atoms with Gasteiger partial charge in [-0.1, -0.05) is 26.2 Å².